The number of benzene rings is 1. The Balaban J connectivity index is 1.96. The maximum atomic E-state index is 8.97. The highest BCUT2D eigenvalue weighted by Crippen LogP contribution is 2.15. The summed E-state index contributed by atoms with van der Waals surface area (Å²) >= 11 is 1.41. The summed E-state index contributed by atoms with van der Waals surface area (Å²) in [7, 11) is -1.44. The minimum Gasteiger partial charge on any atom is -0.488 e. The van der Waals surface area contributed by atoms with Gasteiger partial charge in [-0.1, -0.05) is 0 Å². The van der Waals surface area contributed by atoms with Crippen molar-refractivity contribution in [1.29, 1.82) is 5.26 Å². The van der Waals surface area contributed by atoms with Crippen molar-refractivity contribution in [2.75, 3.05) is 0 Å². The van der Waals surface area contributed by atoms with E-state index in [2.05, 4.69) is 0 Å². The van der Waals surface area contributed by atoms with Crippen LogP contribution in [0.1, 0.15) is 10.4 Å². The van der Waals surface area contributed by atoms with Crippen LogP contribution in [0.25, 0.3) is 0 Å². The third-order valence-corrected chi connectivity index (χ3v) is 3.27. The molecule has 0 aliphatic carbocycles. The predicted octanol–water partition coefficient (Wildman–Crippen LogP) is 0.879. The first-order valence-corrected chi connectivity index (χ1v) is 6.13. The molecule has 0 fully saturated rings. The molecule has 6 heteroatoms. The molecule has 0 saturated heterocycles. The van der Waals surface area contributed by atoms with Crippen LogP contribution in [0.4, 0.5) is 0 Å². The molecule has 2 aromatic rings. The maximum Gasteiger partial charge on any atom is 0.489 e. The molecule has 1 aromatic carbocycles. The van der Waals surface area contributed by atoms with Crippen molar-refractivity contribution in [3.05, 3.63) is 46.2 Å². The summed E-state index contributed by atoms with van der Waals surface area (Å²) in [5, 5.41) is 28.3. The summed E-state index contributed by atoms with van der Waals surface area (Å²) < 4.78 is 5.52. The summed E-state index contributed by atoms with van der Waals surface area (Å²) in [6.07, 6.45) is 0. The zero-order valence-electron chi connectivity index (χ0n) is 9.41. The Labute approximate surface area is 109 Å². The van der Waals surface area contributed by atoms with Crippen LogP contribution in [0.15, 0.2) is 35.7 Å². The van der Waals surface area contributed by atoms with E-state index in [0.29, 0.717) is 23.4 Å². The Kier molecular flexibility index (Phi) is 4.00. The Morgan fingerprint density at radius 1 is 1.28 bits per heavy atom. The first-order chi connectivity index (χ1) is 8.69. The molecule has 0 aliphatic heterocycles. The molecule has 2 rings (SSSR count). The van der Waals surface area contributed by atoms with E-state index in [-0.39, 0.29) is 0 Å². The van der Waals surface area contributed by atoms with E-state index >= 15 is 0 Å². The number of thiophene rings is 1. The van der Waals surface area contributed by atoms with Gasteiger partial charge in [-0.3, -0.25) is 0 Å². The average Bonchev–Trinajstić information content (AvgIpc) is 2.86. The van der Waals surface area contributed by atoms with Gasteiger partial charge in [0, 0.05) is 4.88 Å². The summed E-state index contributed by atoms with van der Waals surface area (Å²) in [5.41, 5.74) is 1.06. The minimum atomic E-state index is -1.44. The number of hydrogen-bond donors (Lipinski definition) is 2. The van der Waals surface area contributed by atoms with Crippen LogP contribution in [0, 0.1) is 11.3 Å². The molecular weight excluding hydrogens is 249 g/mol. The molecule has 1 heterocycles. The van der Waals surface area contributed by atoms with E-state index in [1.807, 2.05) is 6.07 Å². The lowest BCUT2D eigenvalue weighted by Gasteiger charge is -2.03. The van der Waals surface area contributed by atoms with Gasteiger partial charge in [-0.05, 0) is 41.2 Å². The fourth-order valence-corrected chi connectivity index (χ4v) is 2.20. The predicted molar refractivity (Wildman–Crippen MR) is 69.6 cm³/mol. The number of ether oxygens (including phenoxy) is 1. The van der Waals surface area contributed by atoms with Crippen molar-refractivity contribution in [2.24, 2.45) is 0 Å². The van der Waals surface area contributed by atoms with Crippen LogP contribution in [0.3, 0.4) is 0 Å². The lowest BCUT2D eigenvalue weighted by Crippen LogP contribution is -2.27. The number of rotatable bonds is 4. The minimum absolute atomic E-state index is 0.364. The third kappa shape index (κ3) is 3.11. The molecule has 0 saturated carbocycles. The van der Waals surface area contributed by atoms with Gasteiger partial charge in [-0.15, -0.1) is 11.3 Å². The third-order valence-electron chi connectivity index (χ3n) is 2.34. The molecule has 0 aliphatic rings. The van der Waals surface area contributed by atoms with Crippen LogP contribution in [-0.4, -0.2) is 17.2 Å². The molecule has 0 radical (unpaired) electrons. The first-order valence-electron chi connectivity index (χ1n) is 5.25. The Morgan fingerprint density at radius 3 is 2.56 bits per heavy atom. The number of nitrogens with zero attached hydrogens (tertiary/aromatic N) is 1. The summed E-state index contributed by atoms with van der Waals surface area (Å²) in [5.74, 6) is 0.675. The zero-order valence-corrected chi connectivity index (χ0v) is 10.2. The van der Waals surface area contributed by atoms with Crippen LogP contribution in [0.2, 0.25) is 0 Å². The van der Waals surface area contributed by atoms with Gasteiger partial charge in [0.2, 0.25) is 0 Å². The molecule has 4 nitrogen and oxygen atoms in total. The standard InChI is InChI=1S/C12H10BNO3S/c14-6-9-1-3-11(4-2-9)17-7-12-5-10(8-18-12)13(15)16/h1-5,8,15-16H,7H2. The Bertz CT molecular complexity index is 559. The van der Waals surface area contributed by atoms with Crippen LogP contribution in [-0.2, 0) is 6.61 Å². The Hall–Kier alpha value is -1.81. The molecule has 0 amide bonds. The normalized spacial score (nSPS) is 9.83. The number of hydrogen-bond acceptors (Lipinski definition) is 5. The highest BCUT2D eigenvalue weighted by Gasteiger charge is 2.13. The quantitative estimate of drug-likeness (QED) is 0.799. The van der Waals surface area contributed by atoms with Crippen molar-refractivity contribution in [3.8, 4) is 11.8 Å². The summed E-state index contributed by atoms with van der Waals surface area (Å²) in [4.78, 5) is 0.905. The van der Waals surface area contributed by atoms with Crippen LogP contribution in [0.5, 0.6) is 5.75 Å². The van der Waals surface area contributed by atoms with E-state index in [1.54, 1.807) is 35.7 Å². The van der Waals surface area contributed by atoms with Crippen molar-refractivity contribution in [3.63, 3.8) is 0 Å². The largest absolute Gasteiger partial charge is 0.489 e. The summed E-state index contributed by atoms with van der Waals surface area (Å²) in [6.45, 7) is 0.364. The van der Waals surface area contributed by atoms with E-state index < -0.39 is 7.12 Å². The molecule has 0 spiro atoms. The van der Waals surface area contributed by atoms with Gasteiger partial charge in [0.15, 0.2) is 0 Å². The van der Waals surface area contributed by atoms with Gasteiger partial charge < -0.3 is 14.8 Å². The summed E-state index contributed by atoms with van der Waals surface area (Å²) in [6, 6.07) is 10.6. The second-order valence-electron chi connectivity index (χ2n) is 3.64. The molecule has 2 N–H and O–H groups in total. The Morgan fingerprint density at radius 2 is 2.00 bits per heavy atom. The highest BCUT2D eigenvalue weighted by molar-refractivity contribution is 7.11. The molecule has 1 aromatic heterocycles. The topological polar surface area (TPSA) is 73.5 Å². The lowest BCUT2D eigenvalue weighted by molar-refractivity contribution is 0.310. The monoisotopic (exact) mass is 259 g/mol. The molecule has 90 valence electrons. The molecule has 18 heavy (non-hydrogen) atoms. The van der Waals surface area contributed by atoms with Crippen molar-refractivity contribution < 1.29 is 14.8 Å². The smallest absolute Gasteiger partial charge is 0.488 e. The van der Waals surface area contributed by atoms with Gasteiger partial charge in [0.25, 0.3) is 0 Å². The fraction of sp³-hybridized carbons (Fsp3) is 0.0833. The van der Waals surface area contributed by atoms with Crippen molar-refractivity contribution in [2.45, 2.75) is 6.61 Å². The molecular formula is C12H10BNO3S. The molecule has 0 unspecified atom stereocenters. The molecule has 0 atom stereocenters. The van der Waals surface area contributed by atoms with E-state index in [1.165, 1.54) is 11.3 Å². The van der Waals surface area contributed by atoms with E-state index in [4.69, 9.17) is 20.0 Å². The van der Waals surface area contributed by atoms with Gasteiger partial charge in [0.1, 0.15) is 12.4 Å². The molecule has 0 bridgehead atoms. The van der Waals surface area contributed by atoms with Crippen LogP contribution < -0.4 is 10.2 Å². The second-order valence-corrected chi connectivity index (χ2v) is 4.64. The van der Waals surface area contributed by atoms with Gasteiger partial charge in [-0.2, -0.15) is 5.26 Å². The zero-order chi connectivity index (χ0) is 13.0. The SMILES string of the molecule is N#Cc1ccc(OCc2cc(B(O)O)cs2)cc1. The number of nitriles is 1. The highest BCUT2D eigenvalue weighted by atomic mass is 32.1. The van der Waals surface area contributed by atoms with Crippen LogP contribution >= 0.6 is 11.3 Å². The van der Waals surface area contributed by atoms with Gasteiger partial charge in [0.05, 0.1) is 11.6 Å². The average molecular weight is 259 g/mol. The van der Waals surface area contributed by atoms with E-state index in [0.717, 1.165) is 4.88 Å². The van der Waals surface area contributed by atoms with Crippen molar-refractivity contribution in [1.82, 2.24) is 0 Å². The first kappa shape index (κ1) is 12.6. The fourth-order valence-electron chi connectivity index (χ4n) is 1.39. The van der Waals surface area contributed by atoms with Crippen molar-refractivity contribution >= 4 is 23.9 Å². The second kappa shape index (κ2) is 5.69. The maximum absolute atomic E-state index is 8.97. The van der Waals surface area contributed by atoms with Gasteiger partial charge in [-0.25, -0.2) is 0 Å². The van der Waals surface area contributed by atoms with Gasteiger partial charge >= 0.3 is 7.12 Å². The van der Waals surface area contributed by atoms with E-state index in [9.17, 15) is 0 Å². The lowest BCUT2D eigenvalue weighted by atomic mass is 9.83.